The fourth-order valence-electron chi connectivity index (χ4n) is 2.62. The van der Waals surface area contributed by atoms with E-state index in [1.807, 2.05) is 72.4 Å². The zero-order valence-electron chi connectivity index (χ0n) is 13.5. The first-order chi connectivity index (χ1) is 11.8. The summed E-state index contributed by atoms with van der Waals surface area (Å²) in [6, 6.07) is 14.8. The van der Waals surface area contributed by atoms with Crippen LogP contribution in [0.1, 0.15) is 25.1 Å². The highest BCUT2D eigenvalue weighted by molar-refractivity contribution is 5.92. The minimum atomic E-state index is -0.186. The first-order valence-electron chi connectivity index (χ1n) is 7.95. The van der Waals surface area contributed by atoms with Crippen molar-refractivity contribution >= 4 is 11.6 Å². The maximum absolute atomic E-state index is 12.5. The van der Waals surface area contributed by atoms with Gasteiger partial charge in [0.15, 0.2) is 0 Å². The average molecular weight is 324 g/mol. The Bertz CT molecular complexity index is 730. The van der Waals surface area contributed by atoms with Gasteiger partial charge in [-0.25, -0.2) is 0 Å². The Labute approximate surface area is 140 Å². The molecule has 0 radical (unpaired) electrons. The monoisotopic (exact) mass is 324 g/mol. The van der Waals surface area contributed by atoms with Crippen molar-refractivity contribution in [2.45, 2.75) is 19.4 Å². The highest BCUT2D eigenvalue weighted by atomic mass is 16.5. The molecule has 0 saturated heterocycles. The molecule has 1 unspecified atom stereocenters. The van der Waals surface area contributed by atoms with Crippen LogP contribution in [0.2, 0.25) is 0 Å². The second kappa shape index (κ2) is 7.55. The number of nitrogens with zero attached hydrogens (tertiary/aromatic N) is 1. The highest BCUT2D eigenvalue weighted by Gasteiger charge is 2.20. The lowest BCUT2D eigenvalue weighted by molar-refractivity contribution is -0.116. The minimum Gasteiger partial charge on any atom is -0.492 e. The summed E-state index contributed by atoms with van der Waals surface area (Å²) < 4.78 is 13.0. The summed E-state index contributed by atoms with van der Waals surface area (Å²) >= 11 is 0. The number of anilines is 1. The number of nitrogens with one attached hydrogen (secondary N) is 1. The Kier molecular flexibility index (Phi) is 5.01. The fourth-order valence-corrected chi connectivity index (χ4v) is 2.62. The fraction of sp³-hybridized carbons (Fsp3) is 0.211. The number of carbonyl (C=O) groups is 1. The molecule has 5 heteroatoms. The number of hydrogen-bond acceptors (Lipinski definition) is 3. The number of para-hydroxylation sites is 2. The van der Waals surface area contributed by atoms with Gasteiger partial charge < -0.3 is 19.0 Å². The van der Waals surface area contributed by atoms with Crippen molar-refractivity contribution in [2.24, 2.45) is 0 Å². The van der Waals surface area contributed by atoms with Gasteiger partial charge in [-0.15, -0.1) is 0 Å². The summed E-state index contributed by atoms with van der Waals surface area (Å²) in [5.74, 6) is 1.32. The van der Waals surface area contributed by atoms with Crippen LogP contribution in [0.25, 0.3) is 0 Å². The van der Waals surface area contributed by atoms with E-state index in [9.17, 15) is 4.79 Å². The van der Waals surface area contributed by atoms with Crippen LogP contribution >= 0.6 is 0 Å². The first kappa shape index (κ1) is 15.9. The van der Waals surface area contributed by atoms with Crippen molar-refractivity contribution in [3.8, 4) is 5.75 Å². The SMILES string of the molecule is CCOc1ccccc1NC(=O)CC(c1ccco1)n1cccc1. The summed E-state index contributed by atoms with van der Waals surface area (Å²) in [6.45, 7) is 2.46. The van der Waals surface area contributed by atoms with Crippen molar-refractivity contribution in [1.82, 2.24) is 4.57 Å². The Morgan fingerprint density at radius 2 is 1.96 bits per heavy atom. The number of hydrogen-bond donors (Lipinski definition) is 1. The normalized spacial score (nSPS) is 11.9. The molecule has 1 N–H and O–H groups in total. The van der Waals surface area contributed by atoms with E-state index in [-0.39, 0.29) is 18.4 Å². The third kappa shape index (κ3) is 3.68. The number of aromatic nitrogens is 1. The zero-order chi connectivity index (χ0) is 16.8. The Balaban J connectivity index is 1.75. The van der Waals surface area contributed by atoms with Crippen LogP contribution in [0.4, 0.5) is 5.69 Å². The number of carbonyl (C=O) groups excluding carboxylic acids is 1. The van der Waals surface area contributed by atoms with E-state index in [4.69, 9.17) is 9.15 Å². The van der Waals surface area contributed by atoms with Gasteiger partial charge in [0, 0.05) is 12.4 Å². The molecule has 0 saturated carbocycles. The number of ether oxygens (including phenoxy) is 1. The molecule has 1 atom stereocenters. The third-order valence-electron chi connectivity index (χ3n) is 3.70. The number of rotatable bonds is 7. The van der Waals surface area contributed by atoms with Crippen LogP contribution in [0.15, 0.2) is 71.6 Å². The molecule has 5 nitrogen and oxygen atoms in total. The Morgan fingerprint density at radius 3 is 2.67 bits per heavy atom. The standard InChI is InChI=1S/C19H20N2O3/c1-2-23-17-9-4-3-8-15(17)20-19(22)14-16(18-10-7-13-24-18)21-11-5-6-12-21/h3-13,16H,2,14H2,1H3,(H,20,22). The maximum Gasteiger partial charge on any atom is 0.227 e. The smallest absolute Gasteiger partial charge is 0.227 e. The molecule has 0 spiro atoms. The zero-order valence-corrected chi connectivity index (χ0v) is 13.5. The van der Waals surface area contributed by atoms with Crippen molar-refractivity contribution in [3.63, 3.8) is 0 Å². The Hall–Kier alpha value is -2.95. The lowest BCUT2D eigenvalue weighted by Gasteiger charge is -2.17. The van der Waals surface area contributed by atoms with Gasteiger partial charge in [0.2, 0.25) is 5.91 Å². The minimum absolute atomic E-state index is 0.0998. The molecule has 124 valence electrons. The maximum atomic E-state index is 12.5. The van der Waals surface area contributed by atoms with Crippen molar-refractivity contribution < 1.29 is 13.9 Å². The van der Waals surface area contributed by atoms with E-state index in [0.717, 1.165) is 5.76 Å². The van der Waals surface area contributed by atoms with Crippen LogP contribution in [-0.2, 0) is 4.79 Å². The van der Waals surface area contributed by atoms with Crippen LogP contribution in [-0.4, -0.2) is 17.1 Å². The summed E-state index contributed by atoms with van der Waals surface area (Å²) in [6.07, 6.45) is 5.74. The number of furan rings is 1. The molecule has 1 aromatic carbocycles. The van der Waals surface area contributed by atoms with Gasteiger partial charge in [-0.1, -0.05) is 12.1 Å². The molecule has 0 fully saturated rings. The quantitative estimate of drug-likeness (QED) is 0.712. The van der Waals surface area contributed by atoms with Gasteiger partial charge in [0.05, 0.1) is 31.0 Å². The molecule has 1 amide bonds. The van der Waals surface area contributed by atoms with Gasteiger partial charge >= 0.3 is 0 Å². The van der Waals surface area contributed by atoms with Crippen LogP contribution in [0.5, 0.6) is 5.75 Å². The van der Waals surface area contributed by atoms with Gasteiger partial charge in [0.1, 0.15) is 11.5 Å². The summed E-state index contributed by atoms with van der Waals surface area (Å²) in [4.78, 5) is 12.5. The number of benzene rings is 1. The molecule has 2 heterocycles. The van der Waals surface area contributed by atoms with Gasteiger partial charge in [-0.2, -0.15) is 0 Å². The predicted molar refractivity (Wildman–Crippen MR) is 92.1 cm³/mol. The molecule has 24 heavy (non-hydrogen) atoms. The number of amides is 1. The molecule has 3 aromatic rings. The molecule has 0 bridgehead atoms. The second-order valence-electron chi connectivity index (χ2n) is 5.34. The largest absolute Gasteiger partial charge is 0.492 e. The Morgan fingerprint density at radius 1 is 1.17 bits per heavy atom. The summed E-state index contributed by atoms with van der Waals surface area (Å²) in [5, 5.41) is 2.93. The van der Waals surface area contributed by atoms with Gasteiger partial charge in [-0.05, 0) is 43.3 Å². The van der Waals surface area contributed by atoms with E-state index in [2.05, 4.69) is 5.32 Å². The molecule has 0 aliphatic carbocycles. The van der Waals surface area contributed by atoms with E-state index in [1.165, 1.54) is 0 Å². The third-order valence-corrected chi connectivity index (χ3v) is 3.70. The van der Waals surface area contributed by atoms with Crippen molar-refractivity contribution in [1.29, 1.82) is 0 Å². The lowest BCUT2D eigenvalue weighted by Crippen LogP contribution is -2.19. The van der Waals surface area contributed by atoms with Crippen LogP contribution in [0.3, 0.4) is 0 Å². The summed E-state index contributed by atoms with van der Waals surface area (Å²) in [5.41, 5.74) is 0.676. The van der Waals surface area contributed by atoms with Crippen molar-refractivity contribution in [2.75, 3.05) is 11.9 Å². The molecular formula is C19H20N2O3. The summed E-state index contributed by atoms with van der Waals surface area (Å²) in [7, 11) is 0. The van der Waals surface area contributed by atoms with Gasteiger partial charge in [0.25, 0.3) is 0 Å². The van der Waals surface area contributed by atoms with E-state index < -0.39 is 0 Å². The van der Waals surface area contributed by atoms with E-state index in [0.29, 0.717) is 18.0 Å². The van der Waals surface area contributed by atoms with Crippen LogP contribution in [0, 0.1) is 0 Å². The highest BCUT2D eigenvalue weighted by Crippen LogP contribution is 2.26. The molecule has 0 aliphatic rings. The molecule has 0 aliphatic heterocycles. The molecule has 2 aromatic heterocycles. The topological polar surface area (TPSA) is 56.4 Å². The van der Waals surface area contributed by atoms with E-state index >= 15 is 0 Å². The lowest BCUT2D eigenvalue weighted by atomic mass is 10.1. The molecular weight excluding hydrogens is 304 g/mol. The average Bonchev–Trinajstić information content (AvgIpc) is 3.29. The second-order valence-corrected chi connectivity index (χ2v) is 5.34. The predicted octanol–water partition coefficient (Wildman–Crippen LogP) is 4.10. The molecule has 3 rings (SSSR count). The van der Waals surface area contributed by atoms with E-state index in [1.54, 1.807) is 6.26 Å². The van der Waals surface area contributed by atoms with Crippen molar-refractivity contribution in [3.05, 3.63) is 72.9 Å². The first-order valence-corrected chi connectivity index (χ1v) is 7.95. The van der Waals surface area contributed by atoms with Crippen LogP contribution < -0.4 is 10.1 Å². The van der Waals surface area contributed by atoms with Gasteiger partial charge in [-0.3, -0.25) is 4.79 Å².